The van der Waals surface area contributed by atoms with Crippen LogP contribution in [0.25, 0.3) is 0 Å². The lowest BCUT2D eigenvalue weighted by molar-refractivity contribution is -0.184. The van der Waals surface area contributed by atoms with Crippen LogP contribution >= 0.6 is 0 Å². The molecule has 33 heavy (non-hydrogen) atoms. The number of carbonyl (C=O) groups is 2. The SMILES string of the molecule is O=CN(C[C@@H](CC1CCCC1)C(=O)Oc1c(F)c(F)c(F)c(F)c1F)OCc1ccccc1. The topological polar surface area (TPSA) is 55.8 Å². The number of hydrogen-bond donors (Lipinski definition) is 0. The molecule has 5 nitrogen and oxygen atoms in total. The predicted octanol–water partition coefficient (Wildman–Crippen LogP) is 5.07. The average Bonchev–Trinajstić information content (AvgIpc) is 3.35. The zero-order valence-corrected chi connectivity index (χ0v) is 17.5. The smallest absolute Gasteiger partial charge is 0.316 e. The summed E-state index contributed by atoms with van der Waals surface area (Å²) < 4.78 is 72.8. The van der Waals surface area contributed by atoms with Crippen LogP contribution < -0.4 is 4.74 Å². The van der Waals surface area contributed by atoms with Gasteiger partial charge in [-0.25, -0.2) is 18.2 Å². The Morgan fingerprint density at radius 3 is 2.12 bits per heavy atom. The van der Waals surface area contributed by atoms with E-state index in [1.54, 1.807) is 30.3 Å². The fraction of sp³-hybridized carbons (Fsp3) is 0.391. The summed E-state index contributed by atoms with van der Waals surface area (Å²) in [7, 11) is 0. The van der Waals surface area contributed by atoms with Crippen LogP contribution in [0.3, 0.4) is 0 Å². The van der Waals surface area contributed by atoms with Crippen molar-refractivity contribution in [3.8, 4) is 5.75 Å². The van der Waals surface area contributed by atoms with Gasteiger partial charge in [0.25, 0.3) is 0 Å². The molecule has 1 atom stereocenters. The van der Waals surface area contributed by atoms with Crippen molar-refractivity contribution in [1.82, 2.24) is 5.06 Å². The first kappa shape index (κ1) is 24.6. The third kappa shape index (κ3) is 6.07. The highest BCUT2D eigenvalue weighted by molar-refractivity contribution is 5.75. The maximum atomic E-state index is 14.0. The van der Waals surface area contributed by atoms with Gasteiger partial charge in [-0.3, -0.25) is 14.4 Å². The number of rotatable bonds is 10. The molecule has 1 saturated carbocycles. The Bertz CT molecular complexity index is 954. The number of hydroxylamine groups is 2. The second-order valence-electron chi connectivity index (χ2n) is 7.87. The summed E-state index contributed by atoms with van der Waals surface area (Å²) in [6.07, 6.45) is 4.03. The minimum absolute atomic E-state index is 0.0163. The van der Waals surface area contributed by atoms with Gasteiger partial charge in [-0.15, -0.1) is 0 Å². The number of benzene rings is 2. The molecule has 0 saturated heterocycles. The lowest BCUT2D eigenvalue weighted by Crippen LogP contribution is -2.36. The first-order valence-electron chi connectivity index (χ1n) is 10.4. The summed E-state index contributed by atoms with van der Waals surface area (Å²) >= 11 is 0. The Morgan fingerprint density at radius 1 is 0.970 bits per heavy atom. The third-order valence-electron chi connectivity index (χ3n) is 5.56. The van der Waals surface area contributed by atoms with Crippen molar-refractivity contribution in [3.63, 3.8) is 0 Å². The molecule has 1 aliphatic carbocycles. The second-order valence-corrected chi connectivity index (χ2v) is 7.87. The van der Waals surface area contributed by atoms with Crippen molar-refractivity contribution in [2.75, 3.05) is 6.54 Å². The number of carbonyl (C=O) groups excluding carboxylic acids is 2. The molecule has 0 N–H and O–H groups in total. The van der Waals surface area contributed by atoms with E-state index in [2.05, 4.69) is 4.74 Å². The molecule has 178 valence electrons. The van der Waals surface area contributed by atoms with Gasteiger partial charge in [-0.05, 0) is 17.9 Å². The Kier molecular flexibility index (Phi) is 8.37. The first-order valence-corrected chi connectivity index (χ1v) is 10.4. The quantitative estimate of drug-likeness (QED) is 0.0923. The molecular weight excluding hydrogens is 449 g/mol. The number of hydrogen-bond acceptors (Lipinski definition) is 4. The number of halogens is 5. The van der Waals surface area contributed by atoms with Gasteiger partial charge in [-0.1, -0.05) is 56.0 Å². The van der Waals surface area contributed by atoms with Crippen LogP contribution in [-0.4, -0.2) is 24.0 Å². The second kappa shape index (κ2) is 11.2. The minimum Gasteiger partial charge on any atom is -0.420 e. The van der Waals surface area contributed by atoms with Crippen LogP contribution in [0, 0.1) is 40.9 Å². The van der Waals surface area contributed by atoms with E-state index in [0.29, 0.717) is 6.41 Å². The molecule has 0 heterocycles. The number of ether oxygens (including phenoxy) is 1. The lowest BCUT2D eigenvalue weighted by atomic mass is 9.93. The van der Waals surface area contributed by atoms with Gasteiger partial charge in [-0.2, -0.15) is 8.78 Å². The molecule has 0 radical (unpaired) electrons. The molecule has 10 heteroatoms. The molecule has 0 aliphatic heterocycles. The van der Waals surface area contributed by atoms with E-state index < -0.39 is 46.7 Å². The van der Waals surface area contributed by atoms with Crippen molar-refractivity contribution in [2.45, 2.75) is 38.7 Å². The van der Waals surface area contributed by atoms with E-state index in [0.717, 1.165) is 36.3 Å². The highest BCUT2D eigenvalue weighted by Gasteiger charge is 2.33. The molecule has 1 aliphatic rings. The summed E-state index contributed by atoms with van der Waals surface area (Å²) in [5.41, 5.74) is 0.751. The monoisotopic (exact) mass is 471 g/mol. The van der Waals surface area contributed by atoms with Gasteiger partial charge in [0.1, 0.15) is 6.61 Å². The fourth-order valence-corrected chi connectivity index (χ4v) is 3.83. The van der Waals surface area contributed by atoms with Gasteiger partial charge in [0.15, 0.2) is 0 Å². The minimum atomic E-state index is -2.35. The van der Waals surface area contributed by atoms with E-state index in [1.807, 2.05) is 0 Å². The molecular formula is C23H22F5NO4. The van der Waals surface area contributed by atoms with E-state index in [9.17, 15) is 31.5 Å². The Labute approximate surface area is 187 Å². The van der Waals surface area contributed by atoms with E-state index in [-0.39, 0.29) is 25.5 Å². The van der Waals surface area contributed by atoms with Crippen LogP contribution in [0.1, 0.15) is 37.7 Å². The van der Waals surface area contributed by atoms with Gasteiger partial charge in [0, 0.05) is 0 Å². The van der Waals surface area contributed by atoms with Gasteiger partial charge in [0.05, 0.1) is 12.5 Å². The maximum absolute atomic E-state index is 14.0. The number of nitrogens with zero attached hydrogens (tertiary/aromatic N) is 1. The summed E-state index contributed by atoms with van der Waals surface area (Å²) in [6.45, 7) is -0.302. The Balaban J connectivity index is 1.76. The zero-order chi connectivity index (χ0) is 24.0. The lowest BCUT2D eigenvalue weighted by Gasteiger charge is -2.24. The molecule has 3 rings (SSSR count). The average molecular weight is 471 g/mol. The van der Waals surface area contributed by atoms with Gasteiger partial charge < -0.3 is 4.74 Å². The molecule has 1 fully saturated rings. The van der Waals surface area contributed by atoms with Gasteiger partial charge in [0.2, 0.25) is 41.2 Å². The van der Waals surface area contributed by atoms with Crippen molar-refractivity contribution >= 4 is 12.4 Å². The van der Waals surface area contributed by atoms with Crippen molar-refractivity contribution in [3.05, 3.63) is 65.0 Å². The fourth-order valence-electron chi connectivity index (χ4n) is 3.83. The molecule has 2 aromatic carbocycles. The normalized spacial score (nSPS) is 14.8. The van der Waals surface area contributed by atoms with Gasteiger partial charge >= 0.3 is 5.97 Å². The molecule has 2 aromatic rings. The predicted molar refractivity (Wildman–Crippen MR) is 106 cm³/mol. The third-order valence-corrected chi connectivity index (χ3v) is 5.56. The summed E-state index contributed by atoms with van der Waals surface area (Å²) in [4.78, 5) is 29.7. The highest BCUT2D eigenvalue weighted by Crippen LogP contribution is 2.33. The van der Waals surface area contributed by atoms with Crippen molar-refractivity contribution < 1.29 is 41.1 Å². The Morgan fingerprint density at radius 2 is 1.55 bits per heavy atom. The summed E-state index contributed by atoms with van der Waals surface area (Å²) in [6, 6.07) is 8.86. The Hall–Kier alpha value is -3.01. The largest absolute Gasteiger partial charge is 0.420 e. The molecule has 0 bridgehead atoms. The number of amides is 1. The number of esters is 1. The highest BCUT2D eigenvalue weighted by atomic mass is 19.2. The van der Waals surface area contributed by atoms with Crippen molar-refractivity contribution in [2.24, 2.45) is 11.8 Å². The molecule has 0 unspecified atom stereocenters. The molecule has 0 spiro atoms. The summed E-state index contributed by atoms with van der Waals surface area (Å²) in [5, 5.41) is 0.854. The van der Waals surface area contributed by atoms with E-state index >= 15 is 0 Å². The standard InChI is InChI=1S/C23H22F5NO4/c24-17-18(25)20(27)22(21(28)19(17)26)33-23(31)16(10-14-6-4-5-7-14)11-29(13-30)32-12-15-8-2-1-3-9-15/h1-3,8-9,13-14,16H,4-7,10-12H2/t16-/m1/s1. The van der Waals surface area contributed by atoms with Crippen LogP contribution in [-0.2, 0) is 21.0 Å². The zero-order valence-electron chi connectivity index (χ0n) is 17.5. The van der Waals surface area contributed by atoms with Crippen LogP contribution in [0.2, 0.25) is 0 Å². The molecule has 0 aromatic heterocycles. The van der Waals surface area contributed by atoms with Crippen LogP contribution in [0.15, 0.2) is 30.3 Å². The van der Waals surface area contributed by atoms with Crippen LogP contribution in [0.5, 0.6) is 5.75 Å². The first-order chi connectivity index (χ1) is 15.8. The maximum Gasteiger partial charge on any atom is 0.316 e. The summed E-state index contributed by atoms with van der Waals surface area (Å²) in [5.74, 6) is -15.2. The van der Waals surface area contributed by atoms with E-state index in [4.69, 9.17) is 4.84 Å². The molecule has 1 amide bonds. The van der Waals surface area contributed by atoms with E-state index in [1.165, 1.54) is 0 Å². The van der Waals surface area contributed by atoms with Crippen LogP contribution in [0.4, 0.5) is 22.0 Å². The van der Waals surface area contributed by atoms with Crippen molar-refractivity contribution in [1.29, 1.82) is 0 Å².